The summed E-state index contributed by atoms with van der Waals surface area (Å²) in [6.07, 6.45) is 0.0782. The molecule has 0 spiro atoms. The number of carbonyl (C=O) groups excluding carboxylic acids is 1. The largest absolute Gasteiger partial charge is 0.466 e. The Kier molecular flexibility index (Phi) is 8.60. The molecule has 0 saturated heterocycles. The molecule has 0 radical (unpaired) electrons. The zero-order valence-electron chi connectivity index (χ0n) is 17.8. The molecule has 3 aromatic rings. The van der Waals surface area contributed by atoms with Crippen molar-refractivity contribution in [3.63, 3.8) is 0 Å². The molecule has 0 amide bonds. The van der Waals surface area contributed by atoms with Crippen molar-refractivity contribution in [1.82, 2.24) is 4.90 Å². The van der Waals surface area contributed by atoms with E-state index in [2.05, 4.69) is 36.1 Å². The minimum Gasteiger partial charge on any atom is -0.466 e. The van der Waals surface area contributed by atoms with Gasteiger partial charge in [-0.05, 0) is 53.6 Å². The standard InChI is InChI=1S/C26H27FINO2/c1-3-31-25(30)17-24(22-15-10-16-23(28)26(22)27)29(18-20-11-6-4-7-12-20)19(2)21-13-8-5-9-14-21/h4-16,19,24H,3,17-18H2,1-2H3/t19-,24+/m1/s1. The van der Waals surface area contributed by atoms with Crippen molar-refractivity contribution in [2.75, 3.05) is 6.61 Å². The van der Waals surface area contributed by atoms with Gasteiger partial charge in [0.25, 0.3) is 0 Å². The molecule has 0 aliphatic carbocycles. The van der Waals surface area contributed by atoms with Crippen molar-refractivity contribution >= 4 is 28.6 Å². The van der Waals surface area contributed by atoms with Crippen LogP contribution in [0.4, 0.5) is 4.39 Å². The Hall–Kier alpha value is -2.25. The molecule has 2 atom stereocenters. The molecule has 0 aliphatic heterocycles. The molecular weight excluding hydrogens is 504 g/mol. The molecule has 0 bridgehead atoms. The van der Waals surface area contributed by atoms with E-state index in [9.17, 15) is 4.79 Å². The summed E-state index contributed by atoms with van der Waals surface area (Å²) in [5.41, 5.74) is 2.72. The van der Waals surface area contributed by atoms with Crippen molar-refractivity contribution in [3.8, 4) is 0 Å². The molecule has 31 heavy (non-hydrogen) atoms. The molecule has 162 valence electrons. The van der Waals surface area contributed by atoms with Crippen LogP contribution in [-0.4, -0.2) is 17.5 Å². The van der Waals surface area contributed by atoms with Gasteiger partial charge in [-0.15, -0.1) is 0 Å². The summed E-state index contributed by atoms with van der Waals surface area (Å²) in [6.45, 7) is 4.76. The minimum atomic E-state index is -0.468. The zero-order valence-corrected chi connectivity index (χ0v) is 20.0. The molecule has 0 unspecified atom stereocenters. The van der Waals surface area contributed by atoms with Gasteiger partial charge < -0.3 is 4.74 Å². The Morgan fingerprint density at radius 3 is 2.29 bits per heavy atom. The maximum atomic E-state index is 15.3. The van der Waals surface area contributed by atoms with Crippen LogP contribution in [0.5, 0.6) is 0 Å². The van der Waals surface area contributed by atoms with Crippen molar-refractivity contribution in [2.24, 2.45) is 0 Å². The lowest BCUT2D eigenvalue weighted by atomic mass is 9.96. The molecule has 3 nitrogen and oxygen atoms in total. The number of hydrogen-bond acceptors (Lipinski definition) is 3. The van der Waals surface area contributed by atoms with Crippen molar-refractivity contribution in [2.45, 2.75) is 38.9 Å². The quantitative estimate of drug-likeness (QED) is 0.228. The lowest BCUT2D eigenvalue weighted by molar-refractivity contribution is -0.145. The highest BCUT2D eigenvalue weighted by Gasteiger charge is 2.31. The SMILES string of the molecule is CCOC(=O)C[C@@H](c1cccc(I)c1F)N(Cc1ccccc1)[C@H](C)c1ccccc1. The summed E-state index contributed by atoms with van der Waals surface area (Å²) in [6, 6.07) is 25.0. The first-order valence-corrected chi connectivity index (χ1v) is 11.5. The summed E-state index contributed by atoms with van der Waals surface area (Å²) < 4.78 is 21.1. The lowest BCUT2D eigenvalue weighted by Gasteiger charge is -2.37. The number of carbonyl (C=O) groups is 1. The van der Waals surface area contributed by atoms with Gasteiger partial charge in [-0.25, -0.2) is 4.39 Å². The number of rotatable bonds is 9. The van der Waals surface area contributed by atoms with Crippen LogP contribution >= 0.6 is 22.6 Å². The number of nitrogens with zero attached hydrogens (tertiary/aromatic N) is 1. The highest BCUT2D eigenvalue weighted by atomic mass is 127. The summed E-state index contributed by atoms with van der Waals surface area (Å²) in [5, 5.41) is 0. The normalized spacial score (nSPS) is 13.1. The molecule has 3 aromatic carbocycles. The van der Waals surface area contributed by atoms with Crippen LogP contribution in [0.2, 0.25) is 0 Å². The average Bonchev–Trinajstić information content (AvgIpc) is 2.79. The fourth-order valence-corrected chi connectivity index (χ4v) is 4.31. The fraction of sp³-hybridized carbons (Fsp3) is 0.269. The van der Waals surface area contributed by atoms with Crippen LogP contribution in [0.1, 0.15) is 49.0 Å². The number of hydrogen-bond donors (Lipinski definition) is 0. The Morgan fingerprint density at radius 1 is 1.00 bits per heavy atom. The first-order valence-electron chi connectivity index (χ1n) is 10.5. The summed E-state index contributed by atoms with van der Waals surface area (Å²) in [7, 11) is 0. The van der Waals surface area contributed by atoms with Gasteiger partial charge in [0, 0.05) is 27.8 Å². The topological polar surface area (TPSA) is 29.5 Å². The van der Waals surface area contributed by atoms with E-state index in [0.29, 0.717) is 22.3 Å². The molecular formula is C26H27FINO2. The van der Waals surface area contributed by atoms with Crippen LogP contribution in [0.3, 0.4) is 0 Å². The number of esters is 1. The van der Waals surface area contributed by atoms with Crippen LogP contribution in [0.25, 0.3) is 0 Å². The summed E-state index contributed by atoms with van der Waals surface area (Å²) in [5.74, 6) is -0.611. The monoisotopic (exact) mass is 531 g/mol. The highest BCUT2D eigenvalue weighted by molar-refractivity contribution is 14.1. The third kappa shape index (κ3) is 6.14. The minimum absolute atomic E-state index is 0.0434. The first-order chi connectivity index (χ1) is 15.0. The number of benzene rings is 3. The van der Waals surface area contributed by atoms with Gasteiger partial charge in [-0.2, -0.15) is 0 Å². The van der Waals surface area contributed by atoms with Gasteiger partial charge in [-0.3, -0.25) is 9.69 Å². The summed E-state index contributed by atoms with van der Waals surface area (Å²) >= 11 is 2.00. The van der Waals surface area contributed by atoms with E-state index in [1.807, 2.05) is 65.1 Å². The Balaban J connectivity index is 2.08. The fourth-order valence-electron chi connectivity index (χ4n) is 3.80. The Bertz CT molecular complexity index is 981. The Labute approximate surface area is 197 Å². The second-order valence-corrected chi connectivity index (χ2v) is 8.57. The van der Waals surface area contributed by atoms with Gasteiger partial charge >= 0.3 is 5.97 Å². The first kappa shape index (κ1) is 23.4. The molecule has 0 fully saturated rings. The number of ether oxygens (including phenoxy) is 1. The van der Waals surface area contributed by atoms with Gasteiger partial charge in [0.2, 0.25) is 0 Å². The van der Waals surface area contributed by atoms with Crippen LogP contribution in [0.15, 0.2) is 78.9 Å². The maximum absolute atomic E-state index is 15.3. The van der Waals surface area contributed by atoms with Gasteiger partial charge in [0.15, 0.2) is 0 Å². The van der Waals surface area contributed by atoms with E-state index in [4.69, 9.17) is 4.74 Å². The summed E-state index contributed by atoms with van der Waals surface area (Å²) in [4.78, 5) is 14.8. The maximum Gasteiger partial charge on any atom is 0.307 e. The smallest absolute Gasteiger partial charge is 0.307 e. The highest BCUT2D eigenvalue weighted by Crippen LogP contribution is 2.36. The van der Waals surface area contributed by atoms with Crippen molar-refractivity contribution in [3.05, 3.63) is 105 Å². The third-order valence-electron chi connectivity index (χ3n) is 5.39. The van der Waals surface area contributed by atoms with Crippen LogP contribution in [0, 0.1) is 9.39 Å². The van der Waals surface area contributed by atoms with Crippen molar-refractivity contribution < 1.29 is 13.9 Å². The molecule has 0 N–H and O–H groups in total. The predicted octanol–water partition coefficient (Wildman–Crippen LogP) is 6.69. The van der Waals surface area contributed by atoms with E-state index in [1.165, 1.54) is 0 Å². The zero-order chi connectivity index (χ0) is 22.2. The third-order valence-corrected chi connectivity index (χ3v) is 6.23. The van der Waals surface area contributed by atoms with Gasteiger partial charge in [0.1, 0.15) is 5.82 Å². The molecule has 3 rings (SSSR count). The van der Waals surface area contributed by atoms with Crippen molar-refractivity contribution in [1.29, 1.82) is 0 Å². The van der Waals surface area contributed by atoms with E-state index in [0.717, 1.165) is 11.1 Å². The van der Waals surface area contributed by atoms with E-state index in [1.54, 1.807) is 19.1 Å². The Morgan fingerprint density at radius 2 is 1.65 bits per heavy atom. The second-order valence-electron chi connectivity index (χ2n) is 7.41. The molecule has 0 saturated carbocycles. The van der Waals surface area contributed by atoms with E-state index < -0.39 is 6.04 Å². The lowest BCUT2D eigenvalue weighted by Crippen LogP contribution is -2.33. The molecule has 0 aliphatic rings. The average molecular weight is 531 g/mol. The molecule has 0 aromatic heterocycles. The van der Waals surface area contributed by atoms with Gasteiger partial charge in [0.05, 0.1) is 13.0 Å². The molecule has 0 heterocycles. The van der Waals surface area contributed by atoms with Crippen LogP contribution in [-0.2, 0) is 16.1 Å². The van der Waals surface area contributed by atoms with Gasteiger partial charge in [-0.1, -0.05) is 72.8 Å². The molecule has 5 heteroatoms. The second kappa shape index (κ2) is 11.4. The predicted molar refractivity (Wildman–Crippen MR) is 130 cm³/mol. The van der Waals surface area contributed by atoms with Crippen LogP contribution < -0.4 is 0 Å². The van der Waals surface area contributed by atoms with E-state index >= 15 is 4.39 Å². The van der Waals surface area contributed by atoms with E-state index in [-0.39, 0.29) is 24.2 Å². The number of halogens is 2.